The summed E-state index contributed by atoms with van der Waals surface area (Å²) in [5.74, 6) is -0.203. The zero-order chi connectivity index (χ0) is 14.5. The predicted molar refractivity (Wildman–Crippen MR) is 80.3 cm³/mol. The van der Waals surface area contributed by atoms with Crippen LogP contribution in [0.25, 0.3) is 0 Å². The third-order valence-electron chi connectivity index (χ3n) is 3.73. The third-order valence-corrected chi connectivity index (χ3v) is 4.22. The first-order valence-electron chi connectivity index (χ1n) is 6.87. The van der Waals surface area contributed by atoms with Crippen LogP contribution in [-0.4, -0.2) is 42.2 Å². The molecule has 2 rings (SSSR count). The summed E-state index contributed by atoms with van der Waals surface area (Å²) >= 11 is 3.40. The number of halogens is 1. The van der Waals surface area contributed by atoms with Gasteiger partial charge in [0.2, 0.25) is 0 Å². The maximum atomic E-state index is 11.8. The van der Waals surface area contributed by atoms with E-state index < -0.39 is 6.10 Å². The van der Waals surface area contributed by atoms with E-state index in [2.05, 4.69) is 15.9 Å². The Bertz CT molecular complexity index is 466. The van der Waals surface area contributed by atoms with Crippen LogP contribution in [0, 0.1) is 0 Å². The molecule has 110 valence electrons. The van der Waals surface area contributed by atoms with Crippen LogP contribution in [0.4, 0.5) is 0 Å². The minimum atomic E-state index is -0.599. The molecule has 0 saturated carbocycles. The number of hydrogen-bond donors (Lipinski definition) is 1. The van der Waals surface area contributed by atoms with Crippen LogP contribution < -0.4 is 0 Å². The molecule has 1 N–H and O–H groups in total. The summed E-state index contributed by atoms with van der Waals surface area (Å²) in [7, 11) is 1.42. The van der Waals surface area contributed by atoms with Crippen molar-refractivity contribution in [3.63, 3.8) is 0 Å². The lowest BCUT2D eigenvalue weighted by molar-refractivity contribution is -0.148. The van der Waals surface area contributed by atoms with Crippen molar-refractivity contribution in [2.75, 3.05) is 20.2 Å². The molecule has 2 unspecified atom stereocenters. The first-order valence-corrected chi connectivity index (χ1v) is 7.66. The van der Waals surface area contributed by atoms with Gasteiger partial charge in [0, 0.05) is 11.0 Å². The summed E-state index contributed by atoms with van der Waals surface area (Å²) in [6.07, 6.45) is 2.29. The van der Waals surface area contributed by atoms with Crippen molar-refractivity contribution in [1.82, 2.24) is 4.90 Å². The Labute approximate surface area is 127 Å². The Morgan fingerprint density at radius 2 is 2.35 bits per heavy atom. The SMILES string of the molecule is COC(=O)C1CCCCN1CC(O)c1cccc(Br)c1. The van der Waals surface area contributed by atoms with Gasteiger partial charge in [-0.3, -0.25) is 9.69 Å². The Hall–Kier alpha value is -0.910. The van der Waals surface area contributed by atoms with Crippen LogP contribution in [0.5, 0.6) is 0 Å². The van der Waals surface area contributed by atoms with E-state index in [0.29, 0.717) is 6.54 Å². The number of benzene rings is 1. The van der Waals surface area contributed by atoms with Gasteiger partial charge in [-0.2, -0.15) is 0 Å². The van der Waals surface area contributed by atoms with Crippen LogP contribution in [-0.2, 0) is 9.53 Å². The molecule has 1 aromatic rings. The van der Waals surface area contributed by atoms with Crippen molar-refractivity contribution < 1.29 is 14.6 Å². The molecule has 1 saturated heterocycles. The number of methoxy groups -OCH3 is 1. The van der Waals surface area contributed by atoms with Crippen LogP contribution in [0.15, 0.2) is 28.7 Å². The number of aliphatic hydroxyl groups excluding tert-OH is 1. The summed E-state index contributed by atoms with van der Waals surface area (Å²) in [6, 6.07) is 7.40. The van der Waals surface area contributed by atoms with Gasteiger partial charge in [-0.15, -0.1) is 0 Å². The molecule has 5 heteroatoms. The van der Waals surface area contributed by atoms with Gasteiger partial charge in [0.15, 0.2) is 0 Å². The summed E-state index contributed by atoms with van der Waals surface area (Å²) in [6.45, 7) is 1.28. The van der Waals surface area contributed by atoms with Crippen molar-refractivity contribution in [3.05, 3.63) is 34.3 Å². The van der Waals surface area contributed by atoms with E-state index in [1.165, 1.54) is 7.11 Å². The van der Waals surface area contributed by atoms with Gasteiger partial charge in [0.1, 0.15) is 6.04 Å². The fourth-order valence-corrected chi connectivity index (χ4v) is 3.07. The molecular weight excluding hydrogens is 322 g/mol. The zero-order valence-corrected chi connectivity index (χ0v) is 13.2. The van der Waals surface area contributed by atoms with Crippen molar-refractivity contribution in [2.45, 2.75) is 31.4 Å². The van der Waals surface area contributed by atoms with E-state index in [-0.39, 0.29) is 12.0 Å². The molecule has 0 radical (unpaired) electrons. The molecule has 0 aromatic heterocycles. The van der Waals surface area contributed by atoms with Crippen molar-refractivity contribution in [2.24, 2.45) is 0 Å². The lowest BCUT2D eigenvalue weighted by atomic mass is 10.0. The van der Waals surface area contributed by atoms with Crippen molar-refractivity contribution >= 4 is 21.9 Å². The average molecular weight is 342 g/mol. The number of aliphatic hydroxyl groups is 1. The second kappa shape index (κ2) is 7.20. The van der Waals surface area contributed by atoms with Gasteiger partial charge in [-0.25, -0.2) is 0 Å². The minimum Gasteiger partial charge on any atom is -0.468 e. The number of rotatable bonds is 4. The molecule has 1 heterocycles. The first-order chi connectivity index (χ1) is 9.61. The van der Waals surface area contributed by atoms with Gasteiger partial charge in [-0.1, -0.05) is 34.5 Å². The number of carbonyl (C=O) groups excluding carboxylic acids is 1. The number of ether oxygens (including phenoxy) is 1. The number of piperidine rings is 1. The van der Waals surface area contributed by atoms with Crippen LogP contribution in [0.1, 0.15) is 30.9 Å². The second-order valence-electron chi connectivity index (χ2n) is 5.10. The highest BCUT2D eigenvalue weighted by atomic mass is 79.9. The highest BCUT2D eigenvalue weighted by molar-refractivity contribution is 9.10. The van der Waals surface area contributed by atoms with Gasteiger partial charge >= 0.3 is 5.97 Å². The molecule has 0 spiro atoms. The summed E-state index contributed by atoms with van der Waals surface area (Å²) in [5, 5.41) is 10.4. The zero-order valence-electron chi connectivity index (χ0n) is 11.6. The number of hydrogen-bond acceptors (Lipinski definition) is 4. The maximum Gasteiger partial charge on any atom is 0.323 e. The first kappa shape index (κ1) is 15.5. The maximum absolute atomic E-state index is 11.8. The van der Waals surface area contributed by atoms with Crippen LogP contribution in [0.2, 0.25) is 0 Å². The lowest BCUT2D eigenvalue weighted by Crippen LogP contribution is -2.46. The standard InChI is InChI=1S/C15H20BrNO3/c1-20-15(19)13-7-2-3-8-17(13)10-14(18)11-5-4-6-12(16)9-11/h4-6,9,13-14,18H,2-3,7-8,10H2,1H3. The number of nitrogens with zero attached hydrogens (tertiary/aromatic N) is 1. The van der Waals surface area contributed by atoms with E-state index >= 15 is 0 Å². The molecule has 4 nitrogen and oxygen atoms in total. The lowest BCUT2D eigenvalue weighted by Gasteiger charge is -2.35. The second-order valence-corrected chi connectivity index (χ2v) is 6.02. The van der Waals surface area contributed by atoms with Crippen LogP contribution >= 0.6 is 15.9 Å². The summed E-state index contributed by atoms with van der Waals surface area (Å²) in [5.41, 5.74) is 0.855. The monoisotopic (exact) mass is 341 g/mol. The molecule has 0 bridgehead atoms. The fourth-order valence-electron chi connectivity index (χ4n) is 2.65. The van der Waals surface area contributed by atoms with Crippen LogP contribution in [0.3, 0.4) is 0 Å². The van der Waals surface area contributed by atoms with Gasteiger partial charge < -0.3 is 9.84 Å². The molecule has 1 aromatic carbocycles. The topological polar surface area (TPSA) is 49.8 Å². The Morgan fingerprint density at radius 3 is 3.05 bits per heavy atom. The molecule has 2 atom stereocenters. The summed E-state index contributed by atoms with van der Waals surface area (Å²) in [4.78, 5) is 13.8. The number of carbonyl (C=O) groups is 1. The van der Waals surface area contributed by atoms with Gasteiger partial charge in [-0.05, 0) is 37.1 Å². The van der Waals surface area contributed by atoms with E-state index in [9.17, 15) is 9.90 Å². The molecule has 1 fully saturated rings. The Balaban J connectivity index is 2.04. The fraction of sp³-hybridized carbons (Fsp3) is 0.533. The highest BCUT2D eigenvalue weighted by Crippen LogP contribution is 2.23. The largest absolute Gasteiger partial charge is 0.468 e. The summed E-state index contributed by atoms with van der Waals surface area (Å²) < 4.78 is 5.80. The van der Waals surface area contributed by atoms with E-state index in [4.69, 9.17) is 4.74 Å². The molecule has 1 aliphatic rings. The van der Waals surface area contributed by atoms with Gasteiger partial charge in [0.25, 0.3) is 0 Å². The predicted octanol–water partition coefficient (Wildman–Crippen LogP) is 2.51. The molecule has 1 aliphatic heterocycles. The molecule has 0 amide bonds. The van der Waals surface area contributed by atoms with Crippen molar-refractivity contribution in [3.8, 4) is 0 Å². The average Bonchev–Trinajstić information content (AvgIpc) is 2.47. The molecule has 0 aliphatic carbocycles. The number of esters is 1. The smallest absolute Gasteiger partial charge is 0.323 e. The Morgan fingerprint density at radius 1 is 1.55 bits per heavy atom. The Kier molecular flexibility index (Phi) is 5.57. The third kappa shape index (κ3) is 3.81. The van der Waals surface area contributed by atoms with E-state index in [1.807, 2.05) is 29.2 Å². The van der Waals surface area contributed by atoms with E-state index in [1.54, 1.807) is 0 Å². The number of likely N-dealkylation sites (tertiary alicyclic amines) is 1. The minimum absolute atomic E-state index is 0.203. The van der Waals surface area contributed by atoms with Gasteiger partial charge in [0.05, 0.1) is 13.2 Å². The van der Waals surface area contributed by atoms with Crippen molar-refractivity contribution in [1.29, 1.82) is 0 Å². The van der Waals surface area contributed by atoms with E-state index in [0.717, 1.165) is 35.8 Å². The highest BCUT2D eigenvalue weighted by Gasteiger charge is 2.30. The quantitative estimate of drug-likeness (QED) is 0.855. The molecule has 20 heavy (non-hydrogen) atoms. The number of β-amino-alcohol motifs (C(OH)–C–C–N with tert-alkyl or cyclic N) is 1. The normalized spacial score (nSPS) is 21.4. The molecular formula is C15H20BrNO3.